The molecule has 9 heteroatoms. The van der Waals surface area contributed by atoms with Crippen molar-refractivity contribution in [2.24, 2.45) is 0 Å². The van der Waals surface area contributed by atoms with Crippen LogP contribution in [0.4, 0.5) is 32.0 Å². The molecule has 1 aromatic carbocycles. The third kappa shape index (κ3) is 3.97. The van der Waals surface area contributed by atoms with E-state index in [1.165, 1.54) is 6.92 Å². The van der Waals surface area contributed by atoms with Gasteiger partial charge in [-0.15, -0.1) is 0 Å². The van der Waals surface area contributed by atoms with Gasteiger partial charge in [0.25, 0.3) is 5.91 Å². The van der Waals surface area contributed by atoms with Crippen molar-refractivity contribution in [3.05, 3.63) is 52.0 Å². The molecule has 0 radical (unpaired) electrons. The van der Waals surface area contributed by atoms with Gasteiger partial charge in [0.05, 0.1) is 16.7 Å². The van der Waals surface area contributed by atoms with Gasteiger partial charge in [-0.2, -0.15) is 26.3 Å². The summed E-state index contributed by atoms with van der Waals surface area (Å²) in [6.07, 6.45) is -9.97. The Labute approximate surface area is 138 Å². The summed E-state index contributed by atoms with van der Waals surface area (Å²) in [7, 11) is 0. The molecule has 0 unspecified atom stereocenters. The van der Waals surface area contributed by atoms with E-state index in [4.69, 9.17) is 4.42 Å². The van der Waals surface area contributed by atoms with E-state index in [9.17, 15) is 31.1 Å². The fourth-order valence-electron chi connectivity index (χ4n) is 2.35. The van der Waals surface area contributed by atoms with Crippen LogP contribution in [0.15, 0.2) is 22.6 Å². The number of benzene rings is 1. The maximum absolute atomic E-state index is 12.8. The van der Waals surface area contributed by atoms with E-state index in [0.29, 0.717) is 23.5 Å². The highest BCUT2D eigenvalue weighted by atomic mass is 19.4. The predicted octanol–water partition coefficient (Wildman–Crippen LogP) is 5.49. The van der Waals surface area contributed by atoms with Crippen molar-refractivity contribution in [2.75, 3.05) is 5.32 Å². The van der Waals surface area contributed by atoms with Crippen LogP contribution in [0.3, 0.4) is 0 Å². The van der Waals surface area contributed by atoms with Crippen molar-refractivity contribution in [3.8, 4) is 0 Å². The lowest BCUT2D eigenvalue weighted by Gasteiger charge is -2.14. The average Bonchev–Trinajstić information content (AvgIpc) is 2.69. The number of rotatable bonds is 2. The first kappa shape index (κ1) is 18.9. The molecule has 0 aliphatic rings. The summed E-state index contributed by atoms with van der Waals surface area (Å²) in [4.78, 5) is 12.3. The van der Waals surface area contributed by atoms with Crippen LogP contribution in [-0.2, 0) is 12.4 Å². The van der Waals surface area contributed by atoms with Crippen LogP contribution in [0.2, 0.25) is 0 Å². The zero-order valence-electron chi connectivity index (χ0n) is 13.3. The number of anilines is 1. The average molecular weight is 365 g/mol. The van der Waals surface area contributed by atoms with Crippen LogP contribution < -0.4 is 5.32 Å². The van der Waals surface area contributed by atoms with Crippen molar-refractivity contribution < 1.29 is 35.6 Å². The molecule has 2 aromatic rings. The summed E-state index contributed by atoms with van der Waals surface area (Å²) >= 11 is 0. The van der Waals surface area contributed by atoms with E-state index < -0.39 is 35.1 Å². The fourth-order valence-corrected chi connectivity index (χ4v) is 2.35. The van der Waals surface area contributed by atoms with Crippen LogP contribution >= 0.6 is 0 Å². The van der Waals surface area contributed by atoms with Gasteiger partial charge in [-0.1, -0.05) is 0 Å². The first-order chi connectivity index (χ1) is 11.3. The topological polar surface area (TPSA) is 42.2 Å². The second kappa shape index (κ2) is 6.12. The molecule has 1 aromatic heterocycles. The summed E-state index contributed by atoms with van der Waals surface area (Å²) in [6, 6.07) is 0.893. The number of carbonyl (C=O) groups excluding carboxylic acids is 1. The van der Waals surface area contributed by atoms with Crippen molar-refractivity contribution in [2.45, 2.75) is 33.1 Å². The van der Waals surface area contributed by atoms with Crippen LogP contribution in [0.25, 0.3) is 0 Å². The highest BCUT2D eigenvalue weighted by molar-refractivity contribution is 6.06. The largest absolute Gasteiger partial charge is 0.466 e. The highest BCUT2D eigenvalue weighted by Gasteiger charge is 2.37. The molecule has 0 bridgehead atoms. The molecule has 0 atom stereocenters. The summed E-state index contributed by atoms with van der Waals surface area (Å²) in [5.74, 6) is -0.197. The summed E-state index contributed by atoms with van der Waals surface area (Å²) in [5.41, 5.74) is -3.09. The number of nitrogens with one attached hydrogen (secondary N) is 1. The third-order valence-electron chi connectivity index (χ3n) is 3.63. The lowest BCUT2D eigenvalue weighted by atomic mass is 10.1. The SMILES string of the molecule is Cc1oc(C)c(C(=O)Nc2cc(C(F)(F)F)cc(C(F)(F)F)c2)c1C. The van der Waals surface area contributed by atoms with Gasteiger partial charge in [0.15, 0.2) is 0 Å². The zero-order valence-corrected chi connectivity index (χ0v) is 13.3. The van der Waals surface area contributed by atoms with Gasteiger partial charge in [0, 0.05) is 11.3 Å². The smallest absolute Gasteiger partial charge is 0.416 e. The maximum atomic E-state index is 12.8. The van der Waals surface area contributed by atoms with Crippen molar-refractivity contribution in [3.63, 3.8) is 0 Å². The molecule has 2 rings (SSSR count). The van der Waals surface area contributed by atoms with E-state index in [-0.39, 0.29) is 17.4 Å². The molecule has 1 amide bonds. The summed E-state index contributed by atoms with van der Waals surface area (Å²) < 4.78 is 82.2. The number of amides is 1. The van der Waals surface area contributed by atoms with Crippen LogP contribution in [-0.4, -0.2) is 5.91 Å². The molecule has 25 heavy (non-hydrogen) atoms. The van der Waals surface area contributed by atoms with Gasteiger partial charge < -0.3 is 9.73 Å². The molecule has 0 saturated heterocycles. The summed E-state index contributed by atoms with van der Waals surface area (Å²) in [5, 5.41) is 2.08. The Balaban J connectivity index is 2.46. The van der Waals surface area contributed by atoms with E-state index in [1.54, 1.807) is 13.8 Å². The number of hydrogen-bond donors (Lipinski definition) is 1. The molecule has 0 aliphatic heterocycles. The van der Waals surface area contributed by atoms with Crippen molar-refractivity contribution >= 4 is 11.6 Å². The Hall–Kier alpha value is -2.45. The molecule has 0 aliphatic carbocycles. The minimum Gasteiger partial charge on any atom is -0.466 e. The molecule has 0 spiro atoms. The standard InChI is InChI=1S/C16H13F6NO2/c1-7-8(2)25-9(3)13(7)14(24)23-12-5-10(15(17,18)19)4-11(6-12)16(20,21)22/h4-6H,1-3H3,(H,23,24). The van der Waals surface area contributed by atoms with Gasteiger partial charge in [-0.05, 0) is 39.0 Å². The van der Waals surface area contributed by atoms with Crippen LogP contribution in [0.5, 0.6) is 0 Å². The first-order valence-electron chi connectivity index (χ1n) is 6.98. The van der Waals surface area contributed by atoms with E-state index in [2.05, 4.69) is 5.32 Å². The molecule has 3 nitrogen and oxygen atoms in total. The Kier molecular flexibility index (Phi) is 4.63. The van der Waals surface area contributed by atoms with Gasteiger partial charge in [0.1, 0.15) is 11.5 Å². The van der Waals surface area contributed by atoms with Crippen molar-refractivity contribution in [1.29, 1.82) is 0 Å². The monoisotopic (exact) mass is 365 g/mol. The third-order valence-corrected chi connectivity index (χ3v) is 3.63. The van der Waals surface area contributed by atoms with Crippen LogP contribution in [0, 0.1) is 20.8 Å². The van der Waals surface area contributed by atoms with E-state index in [1.807, 2.05) is 0 Å². The Morgan fingerprint density at radius 1 is 0.880 bits per heavy atom. The minimum absolute atomic E-state index is 0.00580. The number of furan rings is 1. The fraction of sp³-hybridized carbons (Fsp3) is 0.312. The van der Waals surface area contributed by atoms with Crippen LogP contribution in [0.1, 0.15) is 38.6 Å². The lowest BCUT2D eigenvalue weighted by molar-refractivity contribution is -0.143. The molecule has 1 N–H and O–H groups in total. The minimum atomic E-state index is -4.99. The van der Waals surface area contributed by atoms with E-state index in [0.717, 1.165) is 0 Å². The second-order valence-corrected chi connectivity index (χ2v) is 5.46. The molecular weight excluding hydrogens is 352 g/mol. The Bertz CT molecular complexity index is 785. The molecule has 0 saturated carbocycles. The number of carbonyl (C=O) groups is 1. The first-order valence-corrected chi connectivity index (χ1v) is 6.98. The number of halogens is 6. The molecule has 0 fully saturated rings. The molecule has 1 heterocycles. The zero-order chi connectivity index (χ0) is 19.2. The van der Waals surface area contributed by atoms with Gasteiger partial charge in [0.2, 0.25) is 0 Å². The quantitative estimate of drug-likeness (QED) is 0.715. The van der Waals surface area contributed by atoms with Gasteiger partial charge in [-0.25, -0.2) is 0 Å². The van der Waals surface area contributed by atoms with Gasteiger partial charge in [-0.3, -0.25) is 4.79 Å². The van der Waals surface area contributed by atoms with Crippen molar-refractivity contribution in [1.82, 2.24) is 0 Å². The maximum Gasteiger partial charge on any atom is 0.416 e. The Morgan fingerprint density at radius 2 is 1.36 bits per heavy atom. The summed E-state index contributed by atoms with van der Waals surface area (Å²) in [6.45, 7) is 4.63. The normalized spacial score (nSPS) is 12.4. The number of alkyl halides is 6. The predicted molar refractivity (Wildman–Crippen MR) is 77.3 cm³/mol. The molecular formula is C16H13F6NO2. The molecule has 136 valence electrons. The second-order valence-electron chi connectivity index (χ2n) is 5.46. The number of aryl methyl sites for hydroxylation is 2. The Morgan fingerprint density at radius 3 is 1.72 bits per heavy atom. The van der Waals surface area contributed by atoms with E-state index >= 15 is 0 Å². The number of hydrogen-bond acceptors (Lipinski definition) is 2. The highest BCUT2D eigenvalue weighted by Crippen LogP contribution is 2.37. The lowest BCUT2D eigenvalue weighted by Crippen LogP contribution is -2.16. The van der Waals surface area contributed by atoms with Gasteiger partial charge >= 0.3 is 12.4 Å².